The smallest absolute Gasteiger partial charge is 0.177 e. The molecule has 4 nitrogen and oxygen atoms in total. The van der Waals surface area contributed by atoms with Gasteiger partial charge in [-0.2, -0.15) is 0 Å². The topological polar surface area (TPSA) is 52.6 Å². The predicted octanol–water partition coefficient (Wildman–Crippen LogP) is 2.26. The van der Waals surface area contributed by atoms with Crippen LogP contribution in [0.5, 0.6) is 11.5 Å². The van der Waals surface area contributed by atoms with Gasteiger partial charge in [-0.05, 0) is 12.1 Å². The van der Waals surface area contributed by atoms with E-state index < -0.39 is 0 Å². The van der Waals surface area contributed by atoms with Crippen LogP contribution in [-0.2, 0) is 4.79 Å². The van der Waals surface area contributed by atoms with Crippen molar-refractivity contribution in [2.24, 2.45) is 0 Å². The Bertz CT molecular complexity index is 401. The van der Waals surface area contributed by atoms with Crippen molar-refractivity contribution in [3.8, 4) is 11.5 Å². The van der Waals surface area contributed by atoms with Gasteiger partial charge in [-0.3, -0.25) is 9.59 Å². The summed E-state index contributed by atoms with van der Waals surface area (Å²) >= 11 is 0. The molecule has 1 aromatic carbocycles. The number of ether oxygens (including phenoxy) is 2. The molecule has 0 saturated heterocycles. The zero-order chi connectivity index (χ0) is 12.8. The van der Waals surface area contributed by atoms with Gasteiger partial charge in [-0.1, -0.05) is 13.0 Å². The van der Waals surface area contributed by atoms with E-state index in [0.29, 0.717) is 23.5 Å². The first-order valence-electron chi connectivity index (χ1n) is 5.39. The van der Waals surface area contributed by atoms with E-state index in [1.807, 2.05) is 0 Å². The molecule has 0 aliphatic rings. The first-order chi connectivity index (χ1) is 8.13. The third kappa shape index (κ3) is 3.06. The molecule has 1 aromatic rings. The summed E-state index contributed by atoms with van der Waals surface area (Å²) in [5.74, 6) is 0.491. The largest absolute Gasteiger partial charge is 0.496 e. The molecule has 0 spiro atoms. The van der Waals surface area contributed by atoms with E-state index in [4.69, 9.17) is 9.47 Å². The highest BCUT2D eigenvalue weighted by atomic mass is 16.5. The minimum Gasteiger partial charge on any atom is -0.496 e. The molecule has 0 radical (unpaired) electrons. The summed E-state index contributed by atoms with van der Waals surface area (Å²) in [5, 5.41) is 0. The average molecular weight is 236 g/mol. The second-order valence-corrected chi connectivity index (χ2v) is 3.53. The van der Waals surface area contributed by atoms with Crippen LogP contribution in [-0.4, -0.2) is 25.8 Å². The van der Waals surface area contributed by atoms with Gasteiger partial charge in [-0.15, -0.1) is 0 Å². The minimum absolute atomic E-state index is 0.0945. The van der Waals surface area contributed by atoms with E-state index in [1.165, 1.54) is 14.2 Å². The van der Waals surface area contributed by atoms with Crippen LogP contribution < -0.4 is 9.47 Å². The second-order valence-electron chi connectivity index (χ2n) is 3.53. The Balaban J connectivity index is 3.09. The van der Waals surface area contributed by atoms with Crippen molar-refractivity contribution in [2.75, 3.05) is 14.2 Å². The van der Waals surface area contributed by atoms with Crippen molar-refractivity contribution in [3.63, 3.8) is 0 Å². The van der Waals surface area contributed by atoms with E-state index in [2.05, 4.69) is 0 Å². The normalized spacial score (nSPS) is 9.82. The Morgan fingerprint density at radius 1 is 1.12 bits per heavy atom. The highest BCUT2D eigenvalue weighted by Gasteiger charge is 2.19. The average Bonchev–Trinajstić information content (AvgIpc) is 2.37. The van der Waals surface area contributed by atoms with Crippen molar-refractivity contribution in [1.29, 1.82) is 0 Å². The molecule has 0 bridgehead atoms. The first kappa shape index (κ1) is 13.2. The van der Waals surface area contributed by atoms with Crippen LogP contribution in [0.3, 0.4) is 0 Å². The lowest BCUT2D eigenvalue weighted by atomic mass is 10.0. The van der Waals surface area contributed by atoms with Gasteiger partial charge >= 0.3 is 0 Å². The maximum absolute atomic E-state index is 12.0. The molecule has 0 aliphatic heterocycles. The summed E-state index contributed by atoms with van der Waals surface area (Å²) < 4.78 is 10.2. The standard InChI is InChI=1S/C13H16O4/c1-4-9(14)8-10(15)13-11(16-2)6-5-7-12(13)17-3/h5-7H,4,8H2,1-3H3. The summed E-state index contributed by atoms with van der Waals surface area (Å²) in [6.45, 7) is 1.73. The van der Waals surface area contributed by atoms with Crippen LogP contribution in [0.25, 0.3) is 0 Å². The Morgan fingerprint density at radius 3 is 2.06 bits per heavy atom. The minimum atomic E-state index is -0.272. The molecule has 0 heterocycles. The zero-order valence-electron chi connectivity index (χ0n) is 10.3. The van der Waals surface area contributed by atoms with Crippen molar-refractivity contribution in [2.45, 2.75) is 19.8 Å². The van der Waals surface area contributed by atoms with Gasteiger partial charge in [0.05, 0.1) is 20.6 Å². The molecular formula is C13H16O4. The van der Waals surface area contributed by atoms with Crippen LogP contribution in [0.4, 0.5) is 0 Å². The third-order valence-corrected chi connectivity index (χ3v) is 2.46. The Hall–Kier alpha value is -1.84. The molecule has 1 rings (SSSR count). The van der Waals surface area contributed by atoms with Crippen LogP contribution in [0, 0.1) is 0 Å². The van der Waals surface area contributed by atoms with E-state index in [0.717, 1.165) is 0 Å². The summed E-state index contributed by atoms with van der Waals surface area (Å²) in [5.41, 5.74) is 0.333. The number of carbonyl (C=O) groups excluding carboxylic acids is 2. The van der Waals surface area contributed by atoms with Crippen LogP contribution in [0.2, 0.25) is 0 Å². The van der Waals surface area contributed by atoms with Gasteiger partial charge in [0.25, 0.3) is 0 Å². The fraction of sp³-hybridized carbons (Fsp3) is 0.385. The van der Waals surface area contributed by atoms with Crippen molar-refractivity contribution in [3.05, 3.63) is 23.8 Å². The number of carbonyl (C=O) groups is 2. The van der Waals surface area contributed by atoms with Crippen LogP contribution >= 0.6 is 0 Å². The number of benzene rings is 1. The van der Waals surface area contributed by atoms with Crippen LogP contribution in [0.1, 0.15) is 30.1 Å². The molecule has 0 aliphatic carbocycles. The number of Topliss-reactive ketones (excluding diaryl/α,β-unsaturated/α-hetero) is 2. The molecule has 0 aromatic heterocycles. The van der Waals surface area contributed by atoms with Gasteiger partial charge in [0, 0.05) is 6.42 Å². The molecular weight excluding hydrogens is 220 g/mol. The lowest BCUT2D eigenvalue weighted by molar-refractivity contribution is -0.117. The number of hydrogen-bond donors (Lipinski definition) is 0. The highest BCUT2D eigenvalue weighted by Crippen LogP contribution is 2.29. The van der Waals surface area contributed by atoms with Crippen molar-refractivity contribution in [1.82, 2.24) is 0 Å². The van der Waals surface area contributed by atoms with Crippen LogP contribution in [0.15, 0.2) is 18.2 Å². The maximum Gasteiger partial charge on any atom is 0.177 e. The Kier molecular flexibility index (Phi) is 4.69. The predicted molar refractivity (Wildman–Crippen MR) is 63.8 cm³/mol. The van der Waals surface area contributed by atoms with Gasteiger partial charge in [0.2, 0.25) is 0 Å². The van der Waals surface area contributed by atoms with Crippen molar-refractivity contribution >= 4 is 11.6 Å². The van der Waals surface area contributed by atoms with Gasteiger partial charge < -0.3 is 9.47 Å². The summed E-state index contributed by atoms with van der Waals surface area (Å²) in [6, 6.07) is 5.08. The zero-order valence-corrected chi connectivity index (χ0v) is 10.3. The van der Waals surface area contributed by atoms with Gasteiger partial charge in [0.15, 0.2) is 5.78 Å². The van der Waals surface area contributed by atoms with Gasteiger partial charge in [-0.25, -0.2) is 0 Å². The number of ketones is 2. The summed E-state index contributed by atoms with van der Waals surface area (Å²) in [7, 11) is 2.96. The second kappa shape index (κ2) is 6.03. The monoisotopic (exact) mass is 236 g/mol. The number of hydrogen-bond acceptors (Lipinski definition) is 4. The molecule has 0 saturated carbocycles. The first-order valence-corrected chi connectivity index (χ1v) is 5.39. The number of methoxy groups -OCH3 is 2. The fourth-order valence-corrected chi connectivity index (χ4v) is 1.52. The molecule has 0 unspecified atom stereocenters. The summed E-state index contributed by atoms with van der Waals surface area (Å²) in [6.07, 6.45) is 0.233. The third-order valence-electron chi connectivity index (χ3n) is 2.46. The maximum atomic E-state index is 12.0. The Labute approximate surface area is 101 Å². The van der Waals surface area contributed by atoms with E-state index >= 15 is 0 Å². The highest BCUT2D eigenvalue weighted by molar-refractivity contribution is 6.10. The molecule has 92 valence electrons. The molecule has 0 N–H and O–H groups in total. The van der Waals surface area contributed by atoms with E-state index in [-0.39, 0.29) is 18.0 Å². The molecule has 4 heteroatoms. The van der Waals surface area contributed by atoms with E-state index in [1.54, 1.807) is 25.1 Å². The lowest BCUT2D eigenvalue weighted by Crippen LogP contribution is -2.10. The number of rotatable bonds is 6. The molecule has 17 heavy (non-hydrogen) atoms. The van der Waals surface area contributed by atoms with E-state index in [9.17, 15) is 9.59 Å². The Morgan fingerprint density at radius 2 is 1.65 bits per heavy atom. The molecule has 0 fully saturated rings. The summed E-state index contributed by atoms with van der Waals surface area (Å²) in [4.78, 5) is 23.3. The fourth-order valence-electron chi connectivity index (χ4n) is 1.52. The molecule has 0 amide bonds. The quantitative estimate of drug-likeness (QED) is 0.561. The molecule has 0 atom stereocenters. The SMILES string of the molecule is CCC(=O)CC(=O)c1c(OC)cccc1OC. The van der Waals surface area contributed by atoms with Gasteiger partial charge in [0.1, 0.15) is 22.8 Å². The lowest BCUT2D eigenvalue weighted by Gasteiger charge is -2.11. The van der Waals surface area contributed by atoms with Crippen molar-refractivity contribution < 1.29 is 19.1 Å².